The number of hydrogen-bond donors (Lipinski definition) is 0. The molecule has 0 radical (unpaired) electrons. The molecule has 0 saturated carbocycles. The van der Waals surface area contributed by atoms with Gasteiger partial charge in [0.2, 0.25) is 5.95 Å². The van der Waals surface area contributed by atoms with Gasteiger partial charge < -0.3 is 9.47 Å². The number of fused-ring (bicyclic) bond motifs is 2. The summed E-state index contributed by atoms with van der Waals surface area (Å²) >= 11 is 0. The van der Waals surface area contributed by atoms with Crippen molar-refractivity contribution in [3.63, 3.8) is 0 Å². The number of morpholine rings is 1. The molecule has 0 N–H and O–H groups in total. The lowest BCUT2D eigenvalue weighted by Gasteiger charge is -2.43. The third kappa shape index (κ3) is 3.71. The molecule has 27 heavy (non-hydrogen) atoms. The molecule has 2 aliphatic heterocycles. The molecule has 5 nitrogen and oxygen atoms in total. The normalized spacial score (nSPS) is 21.6. The minimum absolute atomic E-state index is 0.100. The third-order valence-electron chi connectivity index (χ3n) is 5.01. The van der Waals surface area contributed by atoms with E-state index in [2.05, 4.69) is 4.98 Å². The summed E-state index contributed by atoms with van der Waals surface area (Å²) in [7, 11) is 0. The van der Waals surface area contributed by atoms with Crippen molar-refractivity contribution in [1.29, 1.82) is 0 Å². The summed E-state index contributed by atoms with van der Waals surface area (Å²) < 4.78 is 24.5. The SMILES string of the molecule is Cc1nc(F)ccc1C1=CC2COCC(C1)N2C(=O)OCc1ccccc1. The van der Waals surface area contributed by atoms with Gasteiger partial charge in [0.15, 0.2) is 0 Å². The zero-order valence-corrected chi connectivity index (χ0v) is 15.1. The second-order valence-corrected chi connectivity index (χ2v) is 6.87. The predicted octanol–water partition coefficient (Wildman–Crippen LogP) is 3.72. The smallest absolute Gasteiger partial charge is 0.411 e. The van der Waals surface area contributed by atoms with Gasteiger partial charge in [-0.3, -0.25) is 4.90 Å². The predicted molar refractivity (Wildman–Crippen MR) is 98.4 cm³/mol. The maximum absolute atomic E-state index is 13.3. The Hall–Kier alpha value is -2.73. The number of nitrogens with zero attached hydrogens (tertiary/aromatic N) is 2. The zero-order valence-electron chi connectivity index (χ0n) is 15.1. The van der Waals surface area contributed by atoms with Gasteiger partial charge in [0.1, 0.15) is 6.61 Å². The van der Waals surface area contributed by atoms with Crippen LogP contribution < -0.4 is 0 Å². The Morgan fingerprint density at radius 2 is 2.07 bits per heavy atom. The van der Waals surface area contributed by atoms with Gasteiger partial charge in [-0.1, -0.05) is 36.4 Å². The average molecular weight is 368 g/mol. The van der Waals surface area contributed by atoms with E-state index >= 15 is 0 Å². The van der Waals surface area contributed by atoms with Gasteiger partial charge in [-0.25, -0.2) is 9.78 Å². The van der Waals surface area contributed by atoms with Crippen molar-refractivity contribution in [2.24, 2.45) is 0 Å². The maximum atomic E-state index is 13.3. The first-order valence-electron chi connectivity index (χ1n) is 9.03. The molecule has 140 valence electrons. The Balaban J connectivity index is 1.52. The second-order valence-electron chi connectivity index (χ2n) is 6.87. The van der Waals surface area contributed by atoms with Crippen molar-refractivity contribution >= 4 is 11.7 Å². The number of aryl methyl sites for hydroxylation is 1. The molecule has 2 aliphatic rings. The van der Waals surface area contributed by atoms with Gasteiger partial charge in [-0.2, -0.15) is 4.39 Å². The summed E-state index contributed by atoms with van der Waals surface area (Å²) in [4.78, 5) is 18.4. The third-order valence-corrected chi connectivity index (χ3v) is 5.01. The topological polar surface area (TPSA) is 51.7 Å². The largest absolute Gasteiger partial charge is 0.445 e. The zero-order chi connectivity index (χ0) is 18.8. The molecule has 1 saturated heterocycles. The van der Waals surface area contributed by atoms with Gasteiger partial charge in [-0.05, 0) is 42.2 Å². The Bertz CT molecular complexity index is 869. The molecule has 1 aromatic carbocycles. The van der Waals surface area contributed by atoms with Crippen LogP contribution in [0.1, 0.15) is 23.2 Å². The second kappa shape index (κ2) is 7.48. The number of amides is 1. The lowest BCUT2D eigenvalue weighted by atomic mass is 9.89. The number of halogens is 1. The van der Waals surface area contributed by atoms with Crippen LogP contribution in [-0.4, -0.2) is 41.3 Å². The molecule has 2 aromatic rings. The first-order chi connectivity index (χ1) is 13.1. The van der Waals surface area contributed by atoms with Gasteiger partial charge in [0.05, 0.1) is 25.3 Å². The Labute approximate surface area is 157 Å². The fourth-order valence-corrected chi connectivity index (χ4v) is 3.74. The summed E-state index contributed by atoms with van der Waals surface area (Å²) in [5.74, 6) is -0.484. The standard InChI is InChI=1S/C21H21FN2O3/c1-14-19(7-8-20(22)23-14)16-9-17-12-26-13-18(10-16)24(17)21(25)27-11-15-5-3-2-4-6-15/h2-9,17-18H,10-13H2,1H3. The molecule has 1 amide bonds. The maximum Gasteiger partial charge on any atom is 0.411 e. The Morgan fingerprint density at radius 1 is 1.26 bits per heavy atom. The van der Waals surface area contributed by atoms with E-state index in [1.165, 1.54) is 6.07 Å². The van der Waals surface area contributed by atoms with Crippen LogP contribution >= 0.6 is 0 Å². The number of aromatic nitrogens is 1. The van der Waals surface area contributed by atoms with Crippen molar-refractivity contribution in [3.05, 3.63) is 71.3 Å². The summed E-state index contributed by atoms with van der Waals surface area (Å²) in [6, 6.07) is 12.4. The van der Waals surface area contributed by atoms with E-state index in [0.29, 0.717) is 25.3 Å². The number of ether oxygens (including phenoxy) is 2. The number of pyridine rings is 1. The minimum atomic E-state index is -0.484. The molecule has 2 atom stereocenters. The summed E-state index contributed by atoms with van der Waals surface area (Å²) in [5, 5.41) is 0. The van der Waals surface area contributed by atoms with Crippen LogP contribution in [0.2, 0.25) is 0 Å². The van der Waals surface area contributed by atoms with E-state index in [9.17, 15) is 9.18 Å². The van der Waals surface area contributed by atoms with E-state index in [1.54, 1.807) is 17.9 Å². The first-order valence-corrected chi connectivity index (χ1v) is 9.03. The summed E-state index contributed by atoms with van der Waals surface area (Å²) in [6.45, 7) is 2.93. The molecule has 1 aromatic heterocycles. The highest BCUT2D eigenvalue weighted by Gasteiger charge is 2.39. The van der Waals surface area contributed by atoms with E-state index in [1.807, 2.05) is 36.4 Å². The van der Waals surface area contributed by atoms with E-state index in [-0.39, 0.29) is 24.8 Å². The molecule has 4 rings (SSSR count). The fraction of sp³-hybridized carbons (Fsp3) is 0.333. The number of hydrogen-bond acceptors (Lipinski definition) is 4. The molecule has 3 heterocycles. The Morgan fingerprint density at radius 3 is 2.81 bits per heavy atom. The molecule has 2 unspecified atom stereocenters. The lowest BCUT2D eigenvalue weighted by Crippen LogP contribution is -2.56. The number of carbonyl (C=O) groups is 1. The highest BCUT2D eigenvalue weighted by Crippen LogP contribution is 2.34. The van der Waals surface area contributed by atoms with Gasteiger partial charge in [-0.15, -0.1) is 0 Å². The quantitative estimate of drug-likeness (QED) is 0.775. The van der Waals surface area contributed by atoms with Crippen LogP contribution in [-0.2, 0) is 16.1 Å². The monoisotopic (exact) mass is 368 g/mol. The van der Waals surface area contributed by atoms with Crippen LogP contribution in [0, 0.1) is 12.9 Å². The van der Waals surface area contributed by atoms with Crippen molar-refractivity contribution in [2.45, 2.75) is 32.0 Å². The number of carbonyl (C=O) groups excluding carboxylic acids is 1. The summed E-state index contributed by atoms with van der Waals surface area (Å²) in [5.41, 5.74) is 3.60. The van der Waals surface area contributed by atoms with Crippen LogP contribution in [0.4, 0.5) is 9.18 Å². The molecule has 0 aliphatic carbocycles. The van der Waals surface area contributed by atoms with Crippen LogP contribution in [0.25, 0.3) is 5.57 Å². The average Bonchev–Trinajstić information content (AvgIpc) is 2.66. The molecule has 2 bridgehead atoms. The fourth-order valence-electron chi connectivity index (χ4n) is 3.74. The van der Waals surface area contributed by atoms with Gasteiger partial charge in [0.25, 0.3) is 0 Å². The van der Waals surface area contributed by atoms with Crippen molar-refractivity contribution in [2.75, 3.05) is 13.2 Å². The van der Waals surface area contributed by atoms with Crippen LogP contribution in [0.3, 0.4) is 0 Å². The minimum Gasteiger partial charge on any atom is -0.445 e. The number of benzene rings is 1. The summed E-state index contributed by atoms with van der Waals surface area (Å²) in [6.07, 6.45) is 2.31. The molecule has 6 heteroatoms. The number of rotatable bonds is 3. The van der Waals surface area contributed by atoms with Crippen LogP contribution in [0.5, 0.6) is 0 Å². The highest BCUT2D eigenvalue weighted by molar-refractivity contribution is 5.75. The molecular formula is C21H21FN2O3. The molecule has 1 fully saturated rings. The van der Waals surface area contributed by atoms with Crippen molar-refractivity contribution in [3.8, 4) is 0 Å². The van der Waals surface area contributed by atoms with Gasteiger partial charge >= 0.3 is 6.09 Å². The Kier molecular flexibility index (Phi) is 4.90. The van der Waals surface area contributed by atoms with Gasteiger partial charge in [0, 0.05) is 5.69 Å². The van der Waals surface area contributed by atoms with E-state index in [4.69, 9.17) is 9.47 Å². The van der Waals surface area contributed by atoms with Crippen molar-refractivity contribution < 1.29 is 18.7 Å². The highest BCUT2D eigenvalue weighted by atomic mass is 19.1. The van der Waals surface area contributed by atoms with Crippen LogP contribution in [0.15, 0.2) is 48.5 Å². The van der Waals surface area contributed by atoms with E-state index in [0.717, 1.165) is 16.7 Å². The lowest BCUT2D eigenvalue weighted by molar-refractivity contribution is -0.0342. The van der Waals surface area contributed by atoms with E-state index < -0.39 is 5.95 Å². The van der Waals surface area contributed by atoms with Crippen molar-refractivity contribution in [1.82, 2.24) is 9.88 Å². The molecular weight excluding hydrogens is 347 g/mol. The molecule has 0 spiro atoms. The first kappa shape index (κ1) is 17.7.